The van der Waals surface area contributed by atoms with Crippen LogP contribution in [0.1, 0.15) is 13.8 Å². The van der Waals surface area contributed by atoms with Gasteiger partial charge >= 0.3 is 6.01 Å². The van der Waals surface area contributed by atoms with Crippen LogP contribution in [0.25, 0.3) is 0 Å². The third-order valence-corrected chi connectivity index (χ3v) is 2.03. The number of halogens is 1. The smallest absolute Gasteiger partial charge is 0.318 e. The fourth-order valence-corrected chi connectivity index (χ4v) is 1.20. The van der Waals surface area contributed by atoms with Gasteiger partial charge in [0.15, 0.2) is 5.82 Å². The molecule has 0 amide bonds. The largest absolute Gasteiger partial charge is 0.467 e. The van der Waals surface area contributed by atoms with E-state index < -0.39 is 0 Å². The van der Waals surface area contributed by atoms with Crippen LogP contribution in [0.2, 0.25) is 5.02 Å². The van der Waals surface area contributed by atoms with Gasteiger partial charge in [0.1, 0.15) is 5.02 Å². The molecule has 0 aromatic carbocycles. The van der Waals surface area contributed by atoms with Crippen LogP contribution >= 0.6 is 11.6 Å². The molecule has 0 fully saturated rings. The number of methoxy groups -OCH3 is 1. The Morgan fingerprint density at radius 3 is 2.88 bits per heavy atom. The lowest BCUT2D eigenvalue weighted by Gasteiger charge is -2.10. The highest BCUT2D eigenvalue weighted by molar-refractivity contribution is 6.32. The van der Waals surface area contributed by atoms with Gasteiger partial charge in [0, 0.05) is 6.54 Å². The van der Waals surface area contributed by atoms with Gasteiger partial charge in [0.05, 0.1) is 26.0 Å². The highest BCUT2D eigenvalue weighted by Crippen LogP contribution is 2.19. The predicted octanol–water partition coefficient (Wildman–Crippen LogP) is 1.98. The first-order valence-electron chi connectivity index (χ1n) is 5.05. The zero-order valence-electron chi connectivity index (χ0n) is 9.66. The molecular weight excluding hydrogens is 230 g/mol. The summed E-state index contributed by atoms with van der Waals surface area (Å²) in [5, 5.41) is 3.52. The first kappa shape index (κ1) is 13.0. The fourth-order valence-electron chi connectivity index (χ4n) is 1.04. The van der Waals surface area contributed by atoms with E-state index in [0.29, 0.717) is 24.0 Å². The minimum absolute atomic E-state index is 0.220. The summed E-state index contributed by atoms with van der Waals surface area (Å²) in [4.78, 5) is 7.95. The Labute approximate surface area is 100 Å². The third-order valence-electron chi connectivity index (χ3n) is 1.75. The number of nitrogens with zero attached hydrogens (tertiary/aromatic N) is 2. The zero-order valence-corrected chi connectivity index (χ0v) is 10.4. The second-order valence-corrected chi connectivity index (χ2v) is 3.81. The zero-order chi connectivity index (χ0) is 12.0. The summed E-state index contributed by atoms with van der Waals surface area (Å²) in [6.45, 7) is 5.21. The topological polar surface area (TPSA) is 56.3 Å². The first-order chi connectivity index (χ1) is 7.63. The number of hydrogen-bond acceptors (Lipinski definition) is 5. The Morgan fingerprint density at radius 1 is 1.50 bits per heavy atom. The molecule has 0 saturated heterocycles. The van der Waals surface area contributed by atoms with Crippen molar-refractivity contribution in [1.82, 2.24) is 9.97 Å². The summed E-state index contributed by atoms with van der Waals surface area (Å²) in [6, 6.07) is 0.289. The molecule has 1 N–H and O–H groups in total. The second kappa shape index (κ2) is 6.50. The molecule has 0 bridgehead atoms. The number of hydrogen-bond donors (Lipinski definition) is 1. The van der Waals surface area contributed by atoms with Crippen molar-refractivity contribution in [1.29, 1.82) is 0 Å². The molecule has 5 nitrogen and oxygen atoms in total. The predicted molar refractivity (Wildman–Crippen MR) is 63.2 cm³/mol. The molecule has 0 spiro atoms. The summed E-state index contributed by atoms with van der Waals surface area (Å²) < 4.78 is 10.3. The lowest BCUT2D eigenvalue weighted by Crippen LogP contribution is -2.14. The van der Waals surface area contributed by atoms with Crippen molar-refractivity contribution in [3.05, 3.63) is 11.2 Å². The van der Waals surface area contributed by atoms with E-state index in [0.717, 1.165) is 0 Å². The van der Waals surface area contributed by atoms with Gasteiger partial charge < -0.3 is 14.8 Å². The van der Waals surface area contributed by atoms with E-state index in [1.54, 1.807) is 0 Å². The third kappa shape index (κ3) is 4.20. The molecule has 0 radical (unpaired) electrons. The highest BCUT2D eigenvalue weighted by Gasteiger charge is 2.04. The molecular formula is C10H16ClN3O2. The number of nitrogens with one attached hydrogen (secondary N) is 1. The average molecular weight is 246 g/mol. The Hall–Kier alpha value is -1.07. The van der Waals surface area contributed by atoms with Crippen LogP contribution < -0.4 is 10.1 Å². The molecule has 1 heterocycles. The average Bonchev–Trinajstić information content (AvgIpc) is 2.26. The van der Waals surface area contributed by atoms with E-state index in [1.807, 2.05) is 13.8 Å². The minimum Gasteiger partial charge on any atom is -0.467 e. The molecule has 0 aliphatic carbocycles. The van der Waals surface area contributed by atoms with E-state index in [-0.39, 0.29) is 12.1 Å². The van der Waals surface area contributed by atoms with Crippen molar-refractivity contribution < 1.29 is 9.47 Å². The van der Waals surface area contributed by atoms with Gasteiger partial charge in [0.2, 0.25) is 0 Å². The molecule has 1 aromatic heterocycles. The Morgan fingerprint density at radius 2 is 2.25 bits per heavy atom. The van der Waals surface area contributed by atoms with Crippen LogP contribution in [-0.2, 0) is 4.74 Å². The molecule has 1 rings (SSSR count). The van der Waals surface area contributed by atoms with Gasteiger partial charge in [-0.05, 0) is 13.8 Å². The lowest BCUT2D eigenvalue weighted by atomic mass is 10.5. The van der Waals surface area contributed by atoms with E-state index in [1.165, 1.54) is 13.3 Å². The molecule has 0 unspecified atom stereocenters. The van der Waals surface area contributed by atoms with E-state index in [4.69, 9.17) is 21.1 Å². The van der Waals surface area contributed by atoms with E-state index in [9.17, 15) is 0 Å². The maximum atomic E-state index is 5.91. The van der Waals surface area contributed by atoms with Crippen LogP contribution in [-0.4, -0.2) is 36.3 Å². The van der Waals surface area contributed by atoms with Gasteiger partial charge in [-0.3, -0.25) is 0 Å². The molecule has 16 heavy (non-hydrogen) atoms. The Kier molecular flexibility index (Phi) is 5.28. The molecule has 0 aliphatic heterocycles. The fraction of sp³-hybridized carbons (Fsp3) is 0.600. The van der Waals surface area contributed by atoms with Crippen LogP contribution in [0, 0.1) is 0 Å². The van der Waals surface area contributed by atoms with Crippen molar-refractivity contribution >= 4 is 17.4 Å². The van der Waals surface area contributed by atoms with Crippen molar-refractivity contribution in [2.75, 3.05) is 25.6 Å². The Balaban J connectivity index is 2.46. The maximum absolute atomic E-state index is 5.91. The summed E-state index contributed by atoms with van der Waals surface area (Å²) >= 11 is 5.91. The van der Waals surface area contributed by atoms with Gasteiger partial charge in [0.25, 0.3) is 0 Å². The van der Waals surface area contributed by atoms with Crippen LogP contribution in [0.4, 0.5) is 5.82 Å². The second-order valence-electron chi connectivity index (χ2n) is 3.40. The maximum Gasteiger partial charge on any atom is 0.318 e. The number of anilines is 1. The first-order valence-corrected chi connectivity index (χ1v) is 5.43. The molecule has 0 aliphatic rings. The summed E-state index contributed by atoms with van der Waals surface area (Å²) in [5.74, 6) is 0.556. The van der Waals surface area contributed by atoms with Crippen LogP contribution in [0.5, 0.6) is 6.01 Å². The highest BCUT2D eigenvalue weighted by atomic mass is 35.5. The standard InChI is InChI=1S/C10H16ClN3O2/c1-7(2)16-5-4-12-9-8(11)6-13-10(14-9)15-3/h6-7H,4-5H2,1-3H3,(H,12,13,14). The Bertz CT molecular complexity index is 334. The van der Waals surface area contributed by atoms with Gasteiger partial charge in [-0.2, -0.15) is 4.98 Å². The number of rotatable bonds is 6. The molecule has 1 aromatic rings. The normalized spacial score (nSPS) is 10.6. The molecule has 6 heteroatoms. The summed E-state index contributed by atoms with van der Waals surface area (Å²) in [5.41, 5.74) is 0. The van der Waals surface area contributed by atoms with Crippen LogP contribution in [0.15, 0.2) is 6.20 Å². The van der Waals surface area contributed by atoms with Crippen LogP contribution in [0.3, 0.4) is 0 Å². The summed E-state index contributed by atoms with van der Waals surface area (Å²) in [7, 11) is 1.51. The quantitative estimate of drug-likeness (QED) is 0.777. The van der Waals surface area contributed by atoms with Crippen molar-refractivity contribution in [2.24, 2.45) is 0 Å². The number of aromatic nitrogens is 2. The van der Waals surface area contributed by atoms with Crippen molar-refractivity contribution in [3.63, 3.8) is 0 Å². The molecule has 0 saturated carbocycles. The lowest BCUT2D eigenvalue weighted by molar-refractivity contribution is 0.0870. The SMILES string of the molecule is COc1ncc(Cl)c(NCCOC(C)C)n1. The monoisotopic (exact) mass is 245 g/mol. The minimum atomic E-state index is 0.220. The summed E-state index contributed by atoms with van der Waals surface area (Å²) in [6.07, 6.45) is 1.72. The van der Waals surface area contributed by atoms with Gasteiger partial charge in [-0.1, -0.05) is 11.6 Å². The molecule has 90 valence electrons. The van der Waals surface area contributed by atoms with Gasteiger partial charge in [-0.15, -0.1) is 0 Å². The van der Waals surface area contributed by atoms with E-state index >= 15 is 0 Å². The molecule has 0 atom stereocenters. The van der Waals surface area contributed by atoms with Crippen molar-refractivity contribution in [3.8, 4) is 6.01 Å². The van der Waals surface area contributed by atoms with Crippen molar-refractivity contribution in [2.45, 2.75) is 20.0 Å². The van der Waals surface area contributed by atoms with E-state index in [2.05, 4.69) is 15.3 Å². The van der Waals surface area contributed by atoms with Gasteiger partial charge in [-0.25, -0.2) is 4.98 Å². The number of ether oxygens (including phenoxy) is 2.